The second kappa shape index (κ2) is 18.6. The van der Waals surface area contributed by atoms with Crippen LogP contribution in [0.1, 0.15) is 105 Å². The van der Waals surface area contributed by atoms with Crippen LogP contribution in [0.25, 0.3) is 0 Å². The lowest BCUT2D eigenvalue weighted by Crippen LogP contribution is -2.44. The van der Waals surface area contributed by atoms with Gasteiger partial charge in [-0.3, -0.25) is 9.59 Å². The predicted octanol–water partition coefficient (Wildman–Crippen LogP) is 9.78. The summed E-state index contributed by atoms with van der Waals surface area (Å²) >= 11 is 4.69. The number of carbonyl (C=O) groups excluding carboxylic acids is 2. The number of allylic oxidation sites excluding steroid dienone is 8. The van der Waals surface area contributed by atoms with Gasteiger partial charge in [-0.2, -0.15) is 4.58 Å². The van der Waals surface area contributed by atoms with Gasteiger partial charge in [-0.15, -0.1) is 0 Å². The minimum absolute atomic E-state index is 0.105. The molecule has 0 bridgehead atoms. The fraction of sp³-hybridized carbons (Fsp3) is 0.489. The third-order valence-electron chi connectivity index (χ3n) is 11.3. The van der Waals surface area contributed by atoms with Crippen LogP contribution >= 0.6 is 45.2 Å². The molecule has 0 unspecified atom stereocenters. The van der Waals surface area contributed by atoms with E-state index >= 15 is 0 Å². The second-order valence-electron chi connectivity index (χ2n) is 16.2. The van der Waals surface area contributed by atoms with Gasteiger partial charge in [0.25, 0.3) is 0 Å². The van der Waals surface area contributed by atoms with E-state index in [1.807, 2.05) is 6.08 Å². The molecule has 308 valence electrons. The molecule has 1 aliphatic carbocycles. The van der Waals surface area contributed by atoms with Crippen molar-refractivity contribution in [3.63, 3.8) is 0 Å². The number of rotatable bonds is 16. The van der Waals surface area contributed by atoms with E-state index in [0.717, 1.165) is 63.2 Å². The number of hydrogen-bond donors (Lipinski definition) is 0. The molecule has 2 heterocycles. The standard InChI is InChI=1S/C45H56I2N2O7S/c1-8-11-12-23-48-37-19-17-33(46)27-35(37)43(4,5)39(48)21-15-31-26-32(30-45(29-31,41(50)55-9-2)42(51)56-10-3)16-22-40-44(6,7)36-28-34(47)18-20-38(36)49(40)24-13-14-25-57(52,53)54/h15-22,26-28H,8-14,23-25,29-30H2,1-7H3. The van der Waals surface area contributed by atoms with E-state index in [0.29, 0.717) is 13.0 Å². The number of halogens is 2. The van der Waals surface area contributed by atoms with Crippen molar-refractivity contribution in [1.29, 1.82) is 0 Å². The smallest absolute Gasteiger partial charge is 0.324 e. The van der Waals surface area contributed by atoms with Gasteiger partial charge in [-0.25, -0.2) is 8.42 Å². The van der Waals surface area contributed by atoms with Crippen LogP contribution in [0.5, 0.6) is 0 Å². The molecule has 0 amide bonds. The van der Waals surface area contributed by atoms with Crippen molar-refractivity contribution in [3.05, 3.63) is 102 Å². The predicted molar refractivity (Wildman–Crippen MR) is 243 cm³/mol. The summed E-state index contributed by atoms with van der Waals surface area (Å²) in [7, 11) is -4.31. The molecule has 12 heteroatoms. The number of unbranched alkanes of at least 4 members (excludes halogenated alkanes) is 3. The van der Waals surface area contributed by atoms with Crippen LogP contribution in [0.3, 0.4) is 0 Å². The molecule has 2 aromatic carbocycles. The van der Waals surface area contributed by atoms with E-state index in [-0.39, 0.29) is 37.9 Å². The highest BCUT2D eigenvalue weighted by Gasteiger charge is 2.51. The fourth-order valence-corrected chi connectivity index (χ4v) is 9.98. The second-order valence-corrected chi connectivity index (χ2v) is 20.2. The van der Waals surface area contributed by atoms with Crippen LogP contribution in [0.15, 0.2) is 83.6 Å². The lowest BCUT2D eigenvalue weighted by Gasteiger charge is -2.33. The number of hydrogen-bond acceptors (Lipinski definition) is 8. The van der Waals surface area contributed by atoms with Crippen molar-refractivity contribution in [2.75, 3.05) is 37.0 Å². The van der Waals surface area contributed by atoms with Crippen molar-refractivity contribution in [3.8, 4) is 0 Å². The number of esters is 2. The van der Waals surface area contributed by atoms with Gasteiger partial charge in [-0.05, 0) is 158 Å². The minimum Gasteiger partial charge on any atom is -0.748 e. The SMILES string of the molecule is CCCCC[N+]1=C(/C=C/C2=CC(=C/C=C3/N(CCCCS(=O)(=O)[O-])c4ccc(I)cc4C3(C)C)/CC(C(=O)OCC)(C(=O)OCC)C2)C(C)(C)c2cc(I)ccc21. The fourth-order valence-electron chi connectivity index (χ4n) is 8.44. The first-order valence-corrected chi connectivity index (χ1v) is 23.7. The molecule has 57 heavy (non-hydrogen) atoms. The van der Waals surface area contributed by atoms with Gasteiger partial charge < -0.3 is 18.9 Å². The quantitative estimate of drug-likeness (QED) is 0.0408. The van der Waals surface area contributed by atoms with E-state index in [1.165, 1.54) is 14.8 Å². The largest absolute Gasteiger partial charge is 0.748 e. The maximum absolute atomic E-state index is 14.0. The highest BCUT2D eigenvalue weighted by atomic mass is 127. The summed E-state index contributed by atoms with van der Waals surface area (Å²) < 4.78 is 50.1. The van der Waals surface area contributed by atoms with E-state index in [9.17, 15) is 22.6 Å². The Labute approximate surface area is 366 Å². The van der Waals surface area contributed by atoms with Crippen LogP contribution in [0, 0.1) is 12.6 Å². The molecule has 2 aromatic rings. The summed E-state index contributed by atoms with van der Waals surface area (Å²) in [4.78, 5) is 30.2. The van der Waals surface area contributed by atoms with Crippen molar-refractivity contribution in [2.45, 2.75) is 104 Å². The van der Waals surface area contributed by atoms with E-state index in [2.05, 4.69) is 150 Å². The van der Waals surface area contributed by atoms with Gasteiger partial charge in [0.15, 0.2) is 11.1 Å². The molecule has 0 aromatic heterocycles. The summed E-state index contributed by atoms with van der Waals surface area (Å²) in [6, 6.07) is 12.9. The number of carbonyl (C=O) groups is 2. The molecule has 0 saturated carbocycles. The Kier molecular flexibility index (Phi) is 14.8. The average molecular weight is 1020 g/mol. The first-order valence-electron chi connectivity index (χ1n) is 20.0. The molecule has 0 saturated heterocycles. The normalized spacial score (nSPS) is 19.6. The summed E-state index contributed by atoms with van der Waals surface area (Å²) in [6.07, 6.45) is 14.7. The Bertz CT molecular complexity index is 2130. The third-order valence-corrected chi connectivity index (χ3v) is 13.5. The Hall–Kier alpha value is -2.82. The van der Waals surface area contributed by atoms with Crippen LogP contribution in [0.4, 0.5) is 11.4 Å². The summed E-state index contributed by atoms with van der Waals surface area (Å²) in [5, 5.41) is 0. The molecule has 3 aliphatic rings. The summed E-state index contributed by atoms with van der Waals surface area (Å²) in [5.41, 5.74) is 6.12. The molecule has 0 radical (unpaired) electrons. The Morgan fingerprint density at radius 2 is 1.49 bits per heavy atom. The molecule has 9 nitrogen and oxygen atoms in total. The van der Waals surface area contributed by atoms with Crippen molar-refractivity contribution in [2.24, 2.45) is 5.41 Å². The first kappa shape index (κ1) is 45.3. The van der Waals surface area contributed by atoms with Gasteiger partial charge in [0.2, 0.25) is 5.69 Å². The maximum atomic E-state index is 14.0. The highest BCUT2D eigenvalue weighted by molar-refractivity contribution is 14.1. The highest BCUT2D eigenvalue weighted by Crippen LogP contribution is 2.49. The van der Waals surface area contributed by atoms with E-state index in [4.69, 9.17) is 9.47 Å². The topological polar surface area (TPSA) is 116 Å². The van der Waals surface area contributed by atoms with E-state index < -0.39 is 38.6 Å². The molecule has 5 rings (SSSR count). The van der Waals surface area contributed by atoms with Gasteiger partial charge >= 0.3 is 11.9 Å². The first-order chi connectivity index (χ1) is 26.9. The van der Waals surface area contributed by atoms with Crippen molar-refractivity contribution in [1.82, 2.24) is 0 Å². The van der Waals surface area contributed by atoms with Crippen LogP contribution in [-0.4, -0.2) is 67.3 Å². The van der Waals surface area contributed by atoms with Crippen molar-refractivity contribution >= 4 is 84.3 Å². The maximum Gasteiger partial charge on any atom is 0.324 e. The summed E-state index contributed by atoms with van der Waals surface area (Å²) in [5.74, 6) is -1.61. The Morgan fingerprint density at radius 3 is 2.12 bits per heavy atom. The van der Waals surface area contributed by atoms with Gasteiger partial charge in [-0.1, -0.05) is 45.4 Å². The number of anilines is 1. The van der Waals surface area contributed by atoms with Gasteiger partial charge in [0.1, 0.15) is 6.54 Å². The number of fused-ring (bicyclic) bond motifs is 2. The third kappa shape index (κ3) is 9.97. The molecular weight excluding hydrogens is 966 g/mol. The number of ether oxygens (including phenoxy) is 2. The van der Waals surface area contributed by atoms with Gasteiger partial charge in [0.05, 0.1) is 28.7 Å². The number of benzene rings is 2. The molecule has 0 fully saturated rings. The van der Waals surface area contributed by atoms with Crippen LogP contribution in [-0.2, 0) is 40.0 Å². The zero-order valence-electron chi connectivity index (χ0n) is 34.3. The molecule has 0 N–H and O–H groups in total. The molecule has 0 spiro atoms. The average Bonchev–Trinajstić information content (AvgIpc) is 3.48. The lowest BCUT2D eigenvalue weighted by molar-refractivity contribution is -0.438. The van der Waals surface area contributed by atoms with Crippen molar-refractivity contribution < 1.29 is 36.6 Å². The van der Waals surface area contributed by atoms with E-state index in [1.54, 1.807) is 13.8 Å². The molecular formula is C45H56I2N2O7S. The molecule has 2 aliphatic heterocycles. The minimum atomic E-state index is -4.31. The van der Waals surface area contributed by atoms with Crippen LogP contribution in [0.2, 0.25) is 0 Å². The zero-order chi connectivity index (χ0) is 41.8. The Balaban J connectivity index is 1.63. The van der Waals surface area contributed by atoms with Crippen LogP contribution < -0.4 is 4.90 Å². The number of nitrogens with zero attached hydrogens (tertiary/aromatic N) is 2. The zero-order valence-corrected chi connectivity index (χ0v) is 39.4. The Morgan fingerprint density at radius 1 is 0.842 bits per heavy atom. The molecule has 0 atom stereocenters. The van der Waals surface area contributed by atoms with Gasteiger partial charge in [0, 0.05) is 60.4 Å². The summed E-state index contributed by atoms with van der Waals surface area (Å²) in [6.45, 7) is 16.2. The monoisotopic (exact) mass is 1020 g/mol. The lowest BCUT2D eigenvalue weighted by atomic mass is 9.71.